The summed E-state index contributed by atoms with van der Waals surface area (Å²) in [5, 5.41) is 0. The summed E-state index contributed by atoms with van der Waals surface area (Å²) in [6.07, 6.45) is 23.5. The van der Waals surface area contributed by atoms with Crippen molar-refractivity contribution in [1.82, 2.24) is 0 Å². The normalized spacial score (nSPS) is 13.4. The number of carbonyl (C=O) groups is 1. The van der Waals surface area contributed by atoms with Crippen LogP contribution in [0.25, 0.3) is 0 Å². The first-order valence-electron chi connectivity index (χ1n) is 12.9. The zero-order valence-electron chi connectivity index (χ0n) is 21.8. The van der Waals surface area contributed by atoms with Crippen molar-refractivity contribution in [2.75, 3.05) is 13.2 Å². The van der Waals surface area contributed by atoms with E-state index in [9.17, 15) is 18.0 Å². The van der Waals surface area contributed by atoms with Crippen molar-refractivity contribution in [3.05, 3.63) is 54.1 Å². The molecule has 0 amide bonds. The van der Waals surface area contributed by atoms with Gasteiger partial charge in [-0.2, -0.15) is 13.2 Å². The zero-order chi connectivity index (χ0) is 27.4. The Labute approximate surface area is 227 Å². The van der Waals surface area contributed by atoms with Crippen LogP contribution in [0.3, 0.4) is 0 Å². The SMILES string of the molecule is C.C#CCC(CC#C)COC(=O)CCC/C=C\C.FC(F)(F)c1cccc(OCC/C=C/C2CCCC2)c1. The summed E-state index contributed by atoms with van der Waals surface area (Å²) in [6.45, 7) is 2.70. The summed E-state index contributed by atoms with van der Waals surface area (Å²) in [6, 6.07) is 5.01. The van der Waals surface area contributed by atoms with Gasteiger partial charge in [0.1, 0.15) is 5.75 Å². The summed E-state index contributed by atoms with van der Waals surface area (Å²) in [5.74, 6) is 5.95. The molecule has 1 saturated carbocycles. The molecule has 1 aliphatic rings. The van der Waals surface area contributed by atoms with Gasteiger partial charge in [-0.15, -0.1) is 24.7 Å². The molecule has 1 fully saturated rings. The topological polar surface area (TPSA) is 35.5 Å². The fourth-order valence-electron chi connectivity index (χ4n) is 3.78. The highest BCUT2D eigenvalue weighted by Gasteiger charge is 2.30. The first kappa shape index (κ1) is 34.9. The molecule has 3 nitrogen and oxygen atoms in total. The van der Waals surface area contributed by atoms with Gasteiger partial charge in [-0.05, 0) is 63.1 Å². The molecule has 0 unspecified atom stereocenters. The summed E-state index contributed by atoms with van der Waals surface area (Å²) in [5.41, 5.74) is -0.670. The Kier molecular flexibility index (Phi) is 19.2. The Morgan fingerprint density at radius 1 is 1.13 bits per heavy atom. The second kappa shape index (κ2) is 20.9. The van der Waals surface area contributed by atoms with Crippen LogP contribution in [0.4, 0.5) is 13.2 Å². The van der Waals surface area contributed by atoms with Crippen molar-refractivity contribution >= 4 is 5.97 Å². The van der Waals surface area contributed by atoms with Crippen molar-refractivity contribution in [2.24, 2.45) is 11.8 Å². The second-order valence-electron chi connectivity index (χ2n) is 8.96. The fraction of sp³-hybridized carbons (Fsp3) is 0.531. The van der Waals surface area contributed by atoms with E-state index in [1.165, 1.54) is 31.7 Å². The number of allylic oxidation sites excluding steroid dienone is 3. The van der Waals surface area contributed by atoms with Gasteiger partial charge in [-0.25, -0.2) is 0 Å². The van der Waals surface area contributed by atoms with E-state index in [1.807, 2.05) is 19.1 Å². The van der Waals surface area contributed by atoms with Crippen LogP contribution in [-0.4, -0.2) is 19.2 Å². The van der Waals surface area contributed by atoms with Crippen LogP contribution in [0.15, 0.2) is 48.6 Å². The molecule has 0 N–H and O–H groups in total. The lowest BCUT2D eigenvalue weighted by Gasteiger charge is -2.11. The minimum Gasteiger partial charge on any atom is -0.493 e. The maximum Gasteiger partial charge on any atom is 0.416 e. The van der Waals surface area contributed by atoms with Crippen molar-refractivity contribution in [1.29, 1.82) is 0 Å². The summed E-state index contributed by atoms with van der Waals surface area (Å²) in [7, 11) is 0. The van der Waals surface area contributed by atoms with Gasteiger partial charge in [-0.3, -0.25) is 4.79 Å². The van der Waals surface area contributed by atoms with Crippen LogP contribution in [-0.2, 0) is 15.7 Å². The van der Waals surface area contributed by atoms with Gasteiger partial charge < -0.3 is 9.47 Å². The molecule has 1 aromatic rings. The van der Waals surface area contributed by atoms with Crippen LogP contribution in [0.1, 0.15) is 84.1 Å². The highest BCUT2D eigenvalue weighted by molar-refractivity contribution is 5.69. The molecule has 0 saturated heterocycles. The van der Waals surface area contributed by atoms with E-state index >= 15 is 0 Å². The molecule has 0 bridgehead atoms. The Balaban J connectivity index is 0.000000714. The number of hydrogen-bond acceptors (Lipinski definition) is 3. The van der Waals surface area contributed by atoms with E-state index in [4.69, 9.17) is 22.3 Å². The summed E-state index contributed by atoms with van der Waals surface area (Å²) in [4.78, 5) is 11.4. The lowest BCUT2D eigenvalue weighted by molar-refractivity contribution is -0.145. The molecule has 1 aromatic carbocycles. The van der Waals surface area contributed by atoms with E-state index in [1.54, 1.807) is 6.07 Å². The zero-order valence-corrected chi connectivity index (χ0v) is 21.8. The number of ether oxygens (including phenoxy) is 2. The van der Waals surface area contributed by atoms with Crippen molar-refractivity contribution in [2.45, 2.75) is 84.7 Å². The van der Waals surface area contributed by atoms with Crippen molar-refractivity contribution < 1.29 is 27.4 Å². The summed E-state index contributed by atoms with van der Waals surface area (Å²) >= 11 is 0. The molecule has 210 valence electrons. The minimum atomic E-state index is -4.32. The van der Waals surface area contributed by atoms with Gasteiger partial charge >= 0.3 is 12.1 Å². The number of alkyl halides is 3. The third-order valence-corrected chi connectivity index (χ3v) is 5.80. The summed E-state index contributed by atoms with van der Waals surface area (Å²) < 4.78 is 48.0. The van der Waals surface area contributed by atoms with E-state index < -0.39 is 11.7 Å². The lowest BCUT2D eigenvalue weighted by Crippen LogP contribution is -2.13. The molecule has 0 radical (unpaired) electrons. The Bertz CT molecular complexity index is 897. The van der Waals surface area contributed by atoms with Crippen LogP contribution >= 0.6 is 0 Å². The van der Waals surface area contributed by atoms with E-state index in [-0.39, 0.29) is 25.1 Å². The molecule has 2 rings (SSSR count). The van der Waals surface area contributed by atoms with Crippen LogP contribution in [0.2, 0.25) is 0 Å². The number of benzene rings is 1. The van der Waals surface area contributed by atoms with Gasteiger partial charge in [0.25, 0.3) is 0 Å². The monoisotopic (exact) mass is 532 g/mol. The Morgan fingerprint density at radius 3 is 2.42 bits per heavy atom. The molecule has 0 aromatic heterocycles. The number of halogens is 3. The fourth-order valence-corrected chi connectivity index (χ4v) is 3.78. The van der Waals surface area contributed by atoms with E-state index in [0.29, 0.717) is 38.4 Å². The van der Waals surface area contributed by atoms with Gasteiger partial charge in [0, 0.05) is 25.2 Å². The van der Waals surface area contributed by atoms with Gasteiger partial charge in [-0.1, -0.05) is 50.6 Å². The standard InChI is InChI=1S/C16H19F3O.C15H20O2.CH4/c17-16(18,19)14-9-5-10-15(12-14)20-11-4-3-8-13-6-1-2-7-13;1-4-7-8-9-12-15(16)17-13-14(10-5-2)11-6-3;/h3,5,8-10,12-13H,1-2,4,6-7,11H2;2-4,7,14H,8-13H2,1H3;1H4/b8-3+;7-4-;. The van der Waals surface area contributed by atoms with Gasteiger partial charge in [0.15, 0.2) is 0 Å². The molecule has 1 aliphatic carbocycles. The third kappa shape index (κ3) is 16.6. The van der Waals surface area contributed by atoms with Crippen molar-refractivity contribution in [3.63, 3.8) is 0 Å². The number of rotatable bonds is 13. The van der Waals surface area contributed by atoms with Crippen LogP contribution in [0, 0.1) is 36.5 Å². The van der Waals surface area contributed by atoms with Gasteiger partial charge in [0.05, 0.1) is 18.8 Å². The maximum atomic E-state index is 12.5. The lowest BCUT2D eigenvalue weighted by atomic mass is 10.0. The van der Waals surface area contributed by atoms with Gasteiger partial charge in [0.2, 0.25) is 0 Å². The smallest absolute Gasteiger partial charge is 0.416 e. The number of hydrogen-bond donors (Lipinski definition) is 0. The second-order valence-corrected chi connectivity index (χ2v) is 8.96. The largest absolute Gasteiger partial charge is 0.493 e. The number of unbranched alkanes of at least 4 members (excludes halogenated alkanes) is 1. The molecular weight excluding hydrogens is 489 g/mol. The molecule has 6 heteroatoms. The highest BCUT2D eigenvalue weighted by atomic mass is 19.4. The highest BCUT2D eigenvalue weighted by Crippen LogP contribution is 2.31. The predicted octanol–water partition coefficient (Wildman–Crippen LogP) is 8.80. The molecule has 0 spiro atoms. The average Bonchev–Trinajstić information content (AvgIpc) is 3.39. The minimum absolute atomic E-state index is 0. The van der Waals surface area contributed by atoms with E-state index in [0.717, 1.165) is 31.4 Å². The number of terminal acetylenes is 2. The molecule has 38 heavy (non-hydrogen) atoms. The molecular formula is C32H43F3O3. The quantitative estimate of drug-likeness (QED) is 0.110. The number of carbonyl (C=O) groups excluding carboxylic acids is 1. The average molecular weight is 533 g/mol. The first-order chi connectivity index (χ1) is 17.8. The maximum absolute atomic E-state index is 12.5. The molecule has 0 atom stereocenters. The first-order valence-corrected chi connectivity index (χ1v) is 12.9. The third-order valence-electron chi connectivity index (χ3n) is 5.80. The predicted molar refractivity (Wildman–Crippen MR) is 149 cm³/mol. The van der Waals surface area contributed by atoms with E-state index in [2.05, 4.69) is 24.0 Å². The van der Waals surface area contributed by atoms with Crippen LogP contribution < -0.4 is 4.74 Å². The Hall–Kier alpha value is -3.12. The van der Waals surface area contributed by atoms with Crippen molar-refractivity contribution in [3.8, 4) is 30.4 Å². The molecule has 0 heterocycles. The van der Waals surface area contributed by atoms with Crippen LogP contribution in [0.5, 0.6) is 5.75 Å². The Morgan fingerprint density at radius 2 is 1.82 bits per heavy atom. The molecule has 0 aliphatic heterocycles. The number of esters is 1.